The lowest BCUT2D eigenvalue weighted by Crippen LogP contribution is -2.54. The Kier molecular flexibility index (Phi) is 7.41. The second-order valence-corrected chi connectivity index (χ2v) is 8.25. The van der Waals surface area contributed by atoms with Crippen LogP contribution in [0.4, 0.5) is 11.4 Å². The minimum Gasteiger partial charge on any atom is -0.496 e. The van der Waals surface area contributed by atoms with E-state index in [0.717, 1.165) is 5.56 Å². The molecular weight excluding hydrogens is 478 g/mol. The van der Waals surface area contributed by atoms with Gasteiger partial charge in [0.05, 0.1) is 12.8 Å². The molecule has 0 saturated carbocycles. The number of carbonyl (C=O) groups is 3. The average Bonchev–Trinajstić information content (AvgIpc) is 2.86. The van der Waals surface area contributed by atoms with Crippen molar-refractivity contribution in [3.8, 4) is 11.5 Å². The molecule has 2 N–H and O–H groups in total. The third-order valence-corrected chi connectivity index (χ3v) is 5.59. The van der Waals surface area contributed by atoms with E-state index in [2.05, 4.69) is 10.6 Å². The molecule has 3 aromatic carbocycles. The van der Waals surface area contributed by atoms with Crippen molar-refractivity contribution in [1.29, 1.82) is 0 Å². The minimum absolute atomic E-state index is 0.0293. The van der Waals surface area contributed by atoms with E-state index in [4.69, 9.17) is 21.7 Å². The number of carbonyl (C=O) groups excluding carboxylic acids is 3. The first-order valence-electron chi connectivity index (χ1n) is 11.0. The Bertz CT molecular complexity index is 1350. The Balaban J connectivity index is 1.56. The van der Waals surface area contributed by atoms with Gasteiger partial charge in [-0.3, -0.25) is 24.6 Å². The highest BCUT2D eigenvalue weighted by atomic mass is 32.1. The van der Waals surface area contributed by atoms with Crippen LogP contribution in [0.15, 0.2) is 78.4 Å². The summed E-state index contributed by atoms with van der Waals surface area (Å²) in [6, 6.07) is 21.1. The summed E-state index contributed by atoms with van der Waals surface area (Å²) in [6.45, 7) is 1.62. The molecule has 0 atom stereocenters. The van der Waals surface area contributed by atoms with Crippen molar-refractivity contribution in [2.75, 3.05) is 17.3 Å². The molecule has 0 radical (unpaired) electrons. The number of para-hydroxylation sites is 1. The molecule has 1 aliphatic rings. The maximum absolute atomic E-state index is 13.2. The lowest BCUT2D eigenvalue weighted by Gasteiger charge is -2.28. The van der Waals surface area contributed by atoms with E-state index in [0.29, 0.717) is 28.4 Å². The van der Waals surface area contributed by atoms with E-state index in [-0.39, 0.29) is 23.2 Å². The molecule has 3 amide bonds. The third-order valence-electron chi connectivity index (χ3n) is 5.30. The van der Waals surface area contributed by atoms with Crippen molar-refractivity contribution in [3.05, 3.63) is 89.5 Å². The number of ether oxygens (including phenoxy) is 2. The van der Waals surface area contributed by atoms with Gasteiger partial charge in [-0.15, -0.1) is 0 Å². The number of rotatable bonds is 7. The van der Waals surface area contributed by atoms with Crippen molar-refractivity contribution in [2.24, 2.45) is 0 Å². The number of hydrogen-bond acceptors (Lipinski definition) is 6. The van der Waals surface area contributed by atoms with Crippen LogP contribution in [-0.2, 0) is 21.0 Å². The number of anilines is 2. The summed E-state index contributed by atoms with van der Waals surface area (Å²) in [6.07, 6.45) is 1.51. The molecule has 1 aliphatic heterocycles. The van der Waals surface area contributed by atoms with Gasteiger partial charge in [0, 0.05) is 18.2 Å². The highest BCUT2D eigenvalue weighted by Gasteiger charge is 2.34. The number of benzene rings is 3. The quantitative estimate of drug-likeness (QED) is 0.288. The van der Waals surface area contributed by atoms with E-state index in [1.165, 1.54) is 17.9 Å². The summed E-state index contributed by atoms with van der Waals surface area (Å²) in [5.41, 5.74) is 2.52. The van der Waals surface area contributed by atoms with Gasteiger partial charge < -0.3 is 14.8 Å². The van der Waals surface area contributed by atoms with Crippen LogP contribution < -0.4 is 25.0 Å². The van der Waals surface area contributed by atoms with E-state index >= 15 is 0 Å². The van der Waals surface area contributed by atoms with Crippen molar-refractivity contribution in [2.45, 2.75) is 13.5 Å². The fourth-order valence-electron chi connectivity index (χ4n) is 3.64. The normalized spacial score (nSPS) is 14.4. The van der Waals surface area contributed by atoms with Crippen LogP contribution in [0.3, 0.4) is 0 Å². The van der Waals surface area contributed by atoms with Crippen LogP contribution in [0.5, 0.6) is 11.5 Å². The van der Waals surface area contributed by atoms with Gasteiger partial charge in [0.2, 0.25) is 5.91 Å². The van der Waals surface area contributed by atoms with Crippen LogP contribution in [-0.4, -0.2) is 29.9 Å². The maximum Gasteiger partial charge on any atom is 0.270 e. The van der Waals surface area contributed by atoms with Crippen molar-refractivity contribution in [1.82, 2.24) is 5.32 Å². The lowest BCUT2D eigenvalue weighted by atomic mass is 10.0. The molecule has 8 nitrogen and oxygen atoms in total. The molecule has 0 spiro atoms. The first-order valence-corrected chi connectivity index (χ1v) is 11.4. The molecule has 36 heavy (non-hydrogen) atoms. The van der Waals surface area contributed by atoms with Crippen molar-refractivity contribution in [3.63, 3.8) is 0 Å². The Morgan fingerprint density at radius 2 is 1.78 bits per heavy atom. The zero-order valence-corrected chi connectivity index (χ0v) is 20.4. The van der Waals surface area contributed by atoms with Gasteiger partial charge in [-0.25, -0.2) is 0 Å². The zero-order valence-electron chi connectivity index (χ0n) is 19.6. The van der Waals surface area contributed by atoms with Crippen LogP contribution in [0, 0.1) is 0 Å². The van der Waals surface area contributed by atoms with Gasteiger partial charge in [0.25, 0.3) is 11.8 Å². The molecule has 3 aromatic rings. The Labute approximate surface area is 213 Å². The second kappa shape index (κ2) is 10.8. The summed E-state index contributed by atoms with van der Waals surface area (Å²) in [5, 5.41) is 5.31. The molecule has 0 bridgehead atoms. The second-order valence-electron chi connectivity index (χ2n) is 7.86. The molecule has 182 valence electrons. The topological polar surface area (TPSA) is 97.0 Å². The largest absolute Gasteiger partial charge is 0.496 e. The molecule has 0 aliphatic carbocycles. The minimum atomic E-state index is -0.565. The van der Waals surface area contributed by atoms with Gasteiger partial charge in [0.15, 0.2) is 5.11 Å². The fourth-order valence-corrected chi connectivity index (χ4v) is 3.92. The molecule has 1 saturated heterocycles. The fraction of sp³-hybridized carbons (Fsp3) is 0.111. The van der Waals surface area contributed by atoms with E-state index in [1.54, 1.807) is 73.8 Å². The first-order chi connectivity index (χ1) is 17.4. The lowest BCUT2D eigenvalue weighted by molar-refractivity contribution is -0.122. The van der Waals surface area contributed by atoms with E-state index in [9.17, 15) is 14.4 Å². The highest BCUT2D eigenvalue weighted by molar-refractivity contribution is 7.80. The average molecular weight is 502 g/mol. The maximum atomic E-state index is 13.2. The number of hydrogen-bond donors (Lipinski definition) is 2. The van der Waals surface area contributed by atoms with Gasteiger partial charge in [-0.2, -0.15) is 0 Å². The van der Waals surface area contributed by atoms with E-state index < -0.39 is 11.8 Å². The first kappa shape index (κ1) is 24.6. The zero-order chi connectivity index (χ0) is 25.7. The van der Waals surface area contributed by atoms with Crippen LogP contribution >= 0.6 is 12.2 Å². The Morgan fingerprint density at radius 3 is 2.44 bits per heavy atom. The molecular formula is C27H23N3O5S. The van der Waals surface area contributed by atoms with Gasteiger partial charge in [-0.05, 0) is 72.4 Å². The van der Waals surface area contributed by atoms with Crippen molar-refractivity contribution < 1.29 is 23.9 Å². The molecule has 1 heterocycles. The van der Waals surface area contributed by atoms with Gasteiger partial charge in [-0.1, -0.05) is 24.3 Å². The van der Waals surface area contributed by atoms with Crippen LogP contribution in [0.1, 0.15) is 18.1 Å². The summed E-state index contributed by atoms with van der Waals surface area (Å²) in [5.74, 6) is -0.0339. The monoisotopic (exact) mass is 501 g/mol. The summed E-state index contributed by atoms with van der Waals surface area (Å²) < 4.78 is 11.3. The number of amides is 3. The van der Waals surface area contributed by atoms with Gasteiger partial charge in [0.1, 0.15) is 23.7 Å². The standard InChI is InChI=1S/C27H23N3O5S/c1-17(31)28-20-9-11-22(12-10-20)35-16-19-14-18(8-13-24(19)34-2)15-23-25(32)29-27(36)30(26(23)33)21-6-4-3-5-7-21/h3-15H,16H2,1-2H3,(H,28,31)(H,29,32,36)/b23-15+. The smallest absolute Gasteiger partial charge is 0.270 e. The van der Waals surface area contributed by atoms with E-state index in [1.807, 2.05) is 6.07 Å². The predicted molar refractivity (Wildman–Crippen MR) is 141 cm³/mol. The van der Waals surface area contributed by atoms with Gasteiger partial charge >= 0.3 is 0 Å². The summed E-state index contributed by atoms with van der Waals surface area (Å²) in [4.78, 5) is 38.3. The predicted octanol–water partition coefficient (Wildman–Crippen LogP) is 4.06. The number of nitrogens with one attached hydrogen (secondary N) is 2. The van der Waals surface area contributed by atoms with Crippen LogP contribution in [0.25, 0.3) is 6.08 Å². The molecule has 0 aromatic heterocycles. The number of thiocarbonyl (C=S) groups is 1. The molecule has 4 rings (SSSR count). The van der Waals surface area contributed by atoms with Crippen LogP contribution in [0.2, 0.25) is 0 Å². The SMILES string of the molecule is COc1ccc(/C=C2\C(=O)NC(=S)N(c3ccccc3)C2=O)cc1COc1ccc(NC(C)=O)cc1. The Hall–Kier alpha value is -4.50. The molecule has 0 unspecified atom stereocenters. The Morgan fingerprint density at radius 1 is 1.06 bits per heavy atom. The highest BCUT2D eigenvalue weighted by Crippen LogP contribution is 2.26. The summed E-state index contributed by atoms with van der Waals surface area (Å²) >= 11 is 5.24. The number of methoxy groups -OCH3 is 1. The molecule has 1 fully saturated rings. The molecule has 9 heteroatoms. The number of nitrogens with zero attached hydrogens (tertiary/aromatic N) is 1. The third kappa shape index (κ3) is 5.59. The van der Waals surface area contributed by atoms with Crippen molar-refractivity contribution >= 4 is 52.5 Å². The summed E-state index contributed by atoms with van der Waals surface area (Å²) in [7, 11) is 1.55.